The first-order valence-electron chi connectivity index (χ1n) is 19.6. The lowest BCUT2D eigenvalue weighted by Crippen LogP contribution is -2.07. The van der Waals surface area contributed by atoms with Gasteiger partial charge < -0.3 is 8.98 Å². The van der Waals surface area contributed by atoms with Crippen molar-refractivity contribution in [1.29, 1.82) is 0 Å². The summed E-state index contributed by atoms with van der Waals surface area (Å²) in [6.07, 6.45) is 0. The SMILES string of the molecule is c1ccc(-c2ccc(-c3nc(-c4ccccc4)nc(-n4c5ccccc5c5ccc6c7ccccc7n(-c7ccc8nc(-c9ccccc9)oc8c7)c6c54)n3)cc2)cc1. The number of rotatable bonds is 6. The van der Waals surface area contributed by atoms with Gasteiger partial charge in [-0.25, -0.2) is 9.97 Å². The number of fused-ring (bicyclic) bond motifs is 8. The Bertz CT molecular complexity index is 3530. The Hall–Kier alpha value is -8.16. The summed E-state index contributed by atoms with van der Waals surface area (Å²) in [6, 6.07) is 66.9. The molecule has 8 aromatic carbocycles. The van der Waals surface area contributed by atoms with Gasteiger partial charge in [0, 0.05) is 44.3 Å². The molecule has 0 radical (unpaired) electrons. The van der Waals surface area contributed by atoms with Crippen LogP contribution < -0.4 is 0 Å². The minimum Gasteiger partial charge on any atom is -0.436 e. The molecule has 0 N–H and O–H groups in total. The molecule has 0 bridgehead atoms. The summed E-state index contributed by atoms with van der Waals surface area (Å²) in [7, 11) is 0. The molecule has 0 fully saturated rings. The quantitative estimate of drug-likeness (QED) is 0.169. The fourth-order valence-electron chi connectivity index (χ4n) is 8.49. The van der Waals surface area contributed by atoms with E-state index in [0.29, 0.717) is 29.1 Å². The smallest absolute Gasteiger partial charge is 0.238 e. The van der Waals surface area contributed by atoms with Crippen LogP contribution in [-0.2, 0) is 0 Å². The molecule has 59 heavy (non-hydrogen) atoms. The Morgan fingerprint density at radius 2 is 0.847 bits per heavy atom. The van der Waals surface area contributed by atoms with E-state index in [9.17, 15) is 0 Å². The summed E-state index contributed by atoms with van der Waals surface area (Å²) in [6.45, 7) is 0. The zero-order chi connectivity index (χ0) is 38.9. The highest BCUT2D eigenvalue weighted by atomic mass is 16.3. The van der Waals surface area contributed by atoms with E-state index in [1.165, 1.54) is 0 Å². The zero-order valence-corrected chi connectivity index (χ0v) is 31.6. The van der Waals surface area contributed by atoms with Crippen LogP contribution in [0.15, 0.2) is 199 Å². The van der Waals surface area contributed by atoms with Gasteiger partial charge in [0.1, 0.15) is 5.52 Å². The minimum atomic E-state index is 0.537. The van der Waals surface area contributed by atoms with Gasteiger partial charge in [0.15, 0.2) is 17.2 Å². The maximum absolute atomic E-state index is 6.43. The van der Waals surface area contributed by atoms with Gasteiger partial charge in [0.2, 0.25) is 11.8 Å². The summed E-state index contributed by atoms with van der Waals surface area (Å²) < 4.78 is 11.0. The zero-order valence-electron chi connectivity index (χ0n) is 31.6. The van der Waals surface area contributed by atoms with Crippen LogP contribution in [0.1, 0.15) is 0 Å². The van der Waals surface area contributed by atoms with Crippen LogP contribution in [0.2, 0.25) is 0 Å². The molecule has 0 aliphatic carbocycles. The number of benzene rings is 8. The van der Waals surface area contributed by atoms with Crippen molar-refractivity contribution in [3.63, 3.8) is 0 Å². The molecule has 0 amide bonds. The number of hydrogen-bond donors (Lipinski definition) is 0. The van der Waals surface area contributed by atoms with Crippen molar-refractivity contribution in [2.24, 2.45) is 0 Å². The van der Waals surface area contributed by atoms with Crippen molar-refractivity contribution in [3.8, 4) is 57.0 Å². The molecule has 0 saturated heterocycles. The molecule has 0 aliphatic rings. The molecule has 0 unspecified atom stereocenters. The van der Waals surface area contributed by atoms with Crippen LogP contribution in [0, 0.1) is 0 Å². The van der Waals surface area contributed by atoms with Crippen molar-refractivity contribution in [2.45, 2.75) is 0 Å². The number of oxazole rings is 1. The summed E-state index contributed by atoms with van der Waals surface area (Å²) in [5.41, 5.74) is 11.6. The van der Waals surface area contributed by atoms with E-state index in [0.717, 1.165) is 82.6 Å². The first kappa shape index (κ1) is 33.0. The lowest BCUT2D eigenvalue weighted by molar-refractivity contribution is 0.619. The van der Waals surface area contributed by atoms with E-state index >= 15 is 0 Å². The van der Waals surface area contributed by atoms with Gasteiger partial charge in [-0.15, -0.1) is 0 Å². The van der Waals surface area contributed by atoms with Crippen molar-refractivity contribution >= 4 is 54.7 Å². The van der Waals surface area contributed by atoms with Gasteiger partial charge in [-0.05, 0) is 47.5 Å². The topological polar surface area (TPSA) is 74.6 Å². The molecule has 12 aromatic rings. The molecule has 4 heterocycles. The lowest BCUT2D eigenvalue weighted by atomic mass is 10.0. The van der Waals surface area contributed by atoms with E-state index < -0.39 is 0 Å². The van der Waals surface area contributed by atoms with Crippen LogP contribution in [0.25, 0.3) is 112 Å². The van der Waals surface area contributed by atoms with Crippen molar-refractivity contribution < 1.29 is 4.42 Å². The molecule has 7 nitrogen and oxygen atoms in total. The van der Waals surface area contributed by atoms with E-state index in [2.05, 4.69) is 130 Å². The molecule has 0 spiro atoms. The lowest BCUT2D eigenvalue weighted by Gasteiger charge is -2.13. The number of aromatic nitrogens is 6. The first-order valence-corrected chi connectivity index (χ1v) is 19.6. The second-order valence-electron chi connectivity index (χ2n) is 14.7. The average molecular weight is 757 g/mol. The molecule has 276 valence electrons. The molecular weight excluding hydrogens is 725 g/mol. The molecule has 0 aliphatic heterocycles. The Morgan fingerprint density at radius 3 is 1.49 bits per heavy atom. The molecular formula is C52H32N6O. The third-order valence-corrected chi connectivity index (χ3v) is 11.2. The second kappa shape index (κ2) is 13.2. The van der Waals surface area contributed by atoms with E-state index in [4.69, 9.17) is 24.4 Å². The average Bonchev–Trinajstić information content (AvgIpc) is 4.00. The van der Waals surface area contributed by atoms with Gasteiger partial charge >= 0.3 is 0 Å². The first-order chi connectivity index (χ1) is 29.2. The number of para-hydroxylation sites is 2. The molecule has 0 saturated carbocycles. The monoisotopic (exact) mass is 756 g/mol. The van der Waals surface area contributed by atoms with Gasteiger partial charge in [-0.3, -0.25) is 4.57 Å². The standard InChI is InChI=1S/C52H32N6O/c1-4-14-33(15-5-1)34-24-26-36(27-25-34)50-54-49(35-16-6-2-7-17-35)55-52(56-50)58-45-23-13-11-21-40(45)42-30-29-41-39-20-10-12-22-44(39)57(47(41)48(42)58)38-28-31-43-46(32-38)59-51(53-43)37-18-8-3-9-19-37/h1-32H. The van der Waals surface area contributed by atoms with E-state index in [-0.39, 0.29) is 0 Å². The largest absolute Gasteiger partial charge is 0.436 e. The van der Waals surface area contributed by atoms with Gasteiger partial charge in [0.25, 0.3) is 0 Å². The Labute approximate surface area is 338 Å². The molecule has 12 rings (SSSR count). The summed E-state index contributed by atoms with van der Waals surface area (Å²) in [5, 5.41) is 4.46. The predicted molar refractivity (Wildman–Crippen MR) is 238 cm³/mol. The van der Waals surface area contributed by atoms with Crippen molar-refractivity contribution in [1.82, 2.24) is 29.1 Å². The Morgan fingerprint density at radius 1 is 0.356 bits per heavy atom. The molecule has 4 aromatic heterocycles. The summed E-state index contributed by atoms with van der Waals surface area (Å²) in [4.78, 5) is 20.5. The van der Waals surface area contributed by atoms with Crippen LogP contribution in [0.5, 0.6) is 0 Å². The van der Waals surface area contributed by atoms with Crippen LogP contribution in [-0.4, -0.2) is 29.1 Å². The van der Waals surface area contributed by atoms with E-state index in [1.54, 1.807) is 0 Å². The van der Waals surface area contributed by atoms with Gasteiger partial charge in [0.05, 0.1) is 27.8 Å². The fraction of sp³-hybridized carbons (Fsp3) is 0. The molecule has 0 atom stereocenters. The number of nitrogens with zero attached hydrogens (tertiary/aromatic N) is 6. The molecule has 7 heteroatoms. The maximum atomic E-state index is 6.43. The highest BCUT2D eigenvalue weighted by molar-refractivity contribution is 6.23. The van der Waals surface area contributed by atoms with Crippen LogP contribution in [0.4, 0.5) is 0 Å². The minimum absolute atomic E-state index is 0.537. The Balaban J connectivity index is 1.14. The van der Waals surface area contributed by atoms with Crippen molar-refractivity contribution in [2.75, 3.05) is 0 Å². The van der Waals surface area contributed by atoms with Gasteiger partial charge in [-0.2, -0.15) is 9.97 Å². The highest BCUT2D eigenvalue weighted by Gasteiger charge is 2.24. The highest BCUT2D eigenvalue weighted by Crippen LogP contribution is 2.42. The normalized spacial score (nSPS) is 11.7. The fourth-order valence-corrected chi connectivity index (χ4v) is 8.49. The maximum Gasteiger partial charge on any atom is 0.238 e. The third kappa shape index (κ3) is 5.36. The van der Waals surface area contributed by atoms with Crippen LogP contribution in [0.3, 0.4) is 0 Å². The number of hydrogen-bond acceptors (Lipinski definition) is 5. The Kier molecular flexibility index (Phi) is 7.40. The second-order valence-corrected chi connectivity index (χ2v) is 14.7. The summed E-state index contributed by atoms with van der Waals surface area (Å²) in [5.74, 6) is 2.32. The predicted octanol–water partition coefficient (Wildman–Crippen LogP) is 12.9. The third-order valence-electron chi connectivity index (χ3n) is 11.2. The van der Waals surface area contributed by atoms with Crippen LogP contribution >= 0.6 is 0 Å². The summed E-state index contributed by atoms with van der Waals surface area (Å²) >= 11 is 0. The van der Waals surface area contributed by atoms with Crippen molar-refractivity contribution in [3.05, 3.63) is 194 Å². The van der Waals surface area contributed by atoms with E-state index in [1.807, 2.05) is 72.8 Å². The van der Waals surface area contributed by atoms with Gasteiger partial charge in [-0.1, -0.05) is 152 Å².